The average molecular weight is 351 g/mol. The van der Waals surface area contributed by atoms with Crippen LogP contribution in [0.2, 0.25) is 0 Å². The summed E-state index contributed by atoms with van der Waals surface area (Å²) in [4.78, 5) is 14.5. The van der Waals surface area contributed by atoms with E-state index in [9.17, 15) is 4.79 Å². The van der Waals surface area contributed by atoms with Crippen molar-refractivity contribution in [3.05, 3.63) is 54.1 Å². The number of nitrogens with one attached hydrogen (secondary N) is 2. The van der Waals surface area contributed by atoms with E-state index < -0.39 is 0 Å². The van der Waals surface area contributed by atoms with E-state index in [4.69, 9.17) is 0 Å². The molecule has 26 heavy (non-hydrogen) atoms. The molecule has 0 unspecified atom stereocenters. The van der Waals surface area contributed by atoms with E-state index in [1.165, 1.54) is 24.1 Å². The van der Waals surface area contributed by atoms with Crippen LogP contribution in [0.15, 0.2) is 48.5 Å². The first-order chi connectivity index (χ1) is 12.6. The lowest BCUT2D eigenvalue weighted by Crippen LogP contribution is -2.32. The second-order valence-electron chi connectivity index (χ2n) is 7.31. The minimum atomic E-state index is 0.0282. The molecule has 1 fully saturated rings. The van der Waals surface area contributed by atoms with Gasteiger partial charge in [0.1, 0.15) is 0 Å². The lowest BCUT2D eigenvalue weighted by Gasteiger charge is -2.32. The van der Waals surface area contributed by atoms with E-state index in [2.05, 4.69) is 46.7 Å². The van der Waals surface area contributed by atoms with E-state index in [0.29, 0.717) is 13.0 Å². The number of rotatable bonds is 6. The Bertz CT molecular complexity index is 701. The summed E-state index contributed by atoms with van der Waals surface area (Å²) < 4.78 is 0. The topological polar surface area (TPSA) is 44.4 Å². The number of hydrogen-bond acceptors (Lipinski definition) is 3. The molecule has 4 nitrogen and oxygen atoms in total. The molecule has 0 aliphatic carbocycles. The molecule has 0 bridgehead atoms. The van der Waals surface area contributed by atoms with Gasteiger partial charge in [0.15, 0.2) is 0 Å². The summed E-state index contributed by atoms with van der Waals surface area (Å²) in [7, 11) is 0. The van der Waals surface area contributed by atoms with E-state index in [0.717, 1.165) is 30.4 Å². The van der Waals surface area contributed by atoms with Gasteiger partial charge in [0, 0.05) is 43.1 Å². The largest absolute Gasteiger partial charge is 0.385 e. The molecule has 0 spiro atoms. The molecule has 0 aromatic heterocycles. The highest BCUT2D eigenvalue weighted by molar-refractivity contribution is 5.91. The molecule has 2 aromatic carbocycles. The molecule has 0 saturated carbocycles. The van der Waals surface area contributed by atoms with Crippen molar-refractivity contribution in [2.24, 2.45) is 5.92 Å². The highest BCUT2D eigenvalue weighted by Crippen LogP contribution is 2.24. The van der Waals surface area contributed by atoms with Crippen LogP contribution in [0.4, 0.5) is 17.1 Å². The van der Waals surface area contributed by atoms with Gasteiger partial charge in [-0.2, -0.15) is 0 Å². The zero-order valence-electron chi connectivity index (χ0n) is 15.8. The van der Waals surface area contributed by atoms with Gasteiger partial charge < -0.3 is 15.5 Å². The molecule has 1 amide bonds. The number of amides is 1. The Morgan fingerprint density at radius 1 is 1.00 bits per heavy atom. The third-order valence-corrected chi connectivity index (χ3v) is 5.03. The Morgan fingerprint density at radius 3 is 2.27 bits per heavy atom. The maximum absolute atomic E-state index is 12.0. The zero-order valence-corrected chi connectivity index (χ0v) is 15.8. The van der Waals surface area contributed by atoms with Crippen LogP contribution < -0.4 is 15.5 Å². The van der Waals surface area contributed by atoms with Crippen molar-refractivity contribution in [3.63, 3.8) is 0 Å². The molecule has 1 aliphatic heterocycles. The maximum Gasteiger partial charge on any atom is 0.226 e. The second kappa shape index (κ2) is 8.75. The van der Waals surface area contributed by atoms with Crippen molar-refractivity contribution in [1.29, 1.82) is 0 Å². The van der Waals surface area contributed by atoms with Crippen molar-refractivity contribution < 1.29 is 4.79 Å². The molecule has 2 aromatic rings. The van der Waals surface area contributed by atoms with E-state index in [1.54, 1.807) is 0 Å². The summed E-state index contributed by atoms with van der Waals surface area (Å²) in [5, 5.41) is 6.25. The summed E-state index contributed by atoms with van der Waals surface area (Å²) in [5.41, 5.74) is 4.38. The number of hydrogen-bond donors (Lipinski definition) is 2. The fraction of sp³-hybridized carbons (Fsp3) is 0.409. The van der Waals surface area contributed by atoms with Crippen LogP contribution in [-0.2, 0) is 4.79 Å². The molecule has 138 valence electrons. The number of carbonyl (C=O) groups is 1. The normalized spacial score (nSPS) is 14.9. The van der Waals surface area contributed by atoms with Crippen molar-refractivity contribution in [3.8, 4) is 0 Å². The van der Waals surface area contributed by atoms with Gasteiger partial charge in [-0.3, -0.25) is 4.79 Å². The van der Waals surface area contributed by atoms with Gasteiger partial charge in [-0.15, -0.1) is 0 Å². The van der Waals surface area contributed by atoms with Gasteiger partial charge in [-0.05, 0) is 62.1 Å². The number of carbonyl (C=O) groups excluding carboxylic acids is 1. The lowest BCUT2D eigenvalue weighted by atomic mass is 9.99. The van der Waals surface area contributed by atoms with Crippen molar-refractivity contribution in [1.82, 2.24) is 0 Å². The smallest absolute Gasteiger partial charge is 0.226 e. The number of piperidine rings is 1. The summed E-state index contributed by atoms with van der Waals surface area (Å²) in [6.07, 6.45) is 2.99. The summed E-state index contributed by atoms with van der Waals surface area (Å²) >= 11 is 0. The predicted octanol–water partition coefficient (Wildman–Crippen LogP) is 4.67. The first-order valence-corrected chi connectivity index (χ1v) is 9.55. The third kappa shape index (κ3) is 5.25. The van der Waals surface area contributed by atoms with Crippen LogP contribution in [0.25, 0.3) is 0 Å². The quantitative estimate of drug-likeness (QED) is 0.795. The van der Waals surface area contributed by atoms with Crippen LogP contribution in [0.1, 0.15) is 31.7 Å². The summed E-state index contributed by atoms with van der Waals surface area (Å²) in [6.45, 7) is 7.28. The predicted molar refractivity (Wildman–Crippen MR) is 110 cm³/mol. The fourth-order valence-electron chi connectivity index (χ4n) is 3.24. The standard InChI is InChI=1S/C22H29N3O/c1-17-3-5-20(6-4-17)24-22(26)11-14-23-19-7-9-21(10-8-19)25-15-12-18(2)13-16-25/h3-10,18,23H,11-16H2,1-2H3,(H,24,26). The van der Waals surface area contributed by atoms with E-state index in [-0.39, 0.29) is 5.91 Å². The lowest BCUT2D eigenvalue weighted by molar-refractivity contribution is -0.115. The zero-order chi connectivity index (χ0) is 18.4. The Labute approximate surface area is 156 Å². The van der Waals surface area contributed by atoms with Crippen LogP contribution in [-0.4, -0.2) is 25.5 Å². The Balaban J connectivity index is 1.41. The van der Waals surface area contributed by atoms with Crippen LogP contribution >= 0.6 is 0 Å². The number of anilines is 3. The molecular formula is C22H29N3O. The Morgan fingerprint density at radius 2 is 1.62 bits per heavy atom. The molecule has 1 aliphatic rings. The summed E-state index contributed by atoms with van der Waals surface area (Å²) in [6, 6.07) is 16.4. The number of aryl methyl sites for hydroxylation is 1. The van der Waals surface area contributed by atoms with E-state index >= 15 is 0 Å². The van der Waals surface area contributed by atoms with Crippen molar-refractivity contribution in [2.45, 2.75) is 33.1 Å². The molecule has 4 heteroatoms. The van der Waals surface area contributed by atoms with Crippen molar-refractivity contribution in [2.75, 3.05) is 35.2 Å². The van der Waals surface area contributed by atoms with Crippen LogP contribution in [0, 0.1) is 12.8 Å². The van der Waals surface area contributed by atoms with Gasteiger partial charge in [-0.1, -0.05) is 24.6 Å². The van der Waals surface area contributed by atoms with Gasteiger partial charge in [0.2, 0.25) is 5.91 Å². The summed E-state index contributed by atoms with van der Waals surface area (Å²) in [5.74, 6) is 0.874. The van der Waals surface area contributed by atoms with Gasteiger partial charge in [0.05, 0.1) is 0 Å². The number of nitrogens with zero attached hydrogens (tertiary/aromatic N) is 1. The van der Waals surface area contributed by atoms with Crippen molar-refractivity contribution >= 4 is 23.0 Å². The number of benzene rings is 2. The molecule has 3 rings (SSSR count). The van der Waals surface area contributed by atoms with Crippen LogP contribution in [0.5, 0.6) is 0 Å². The highest BCUT2D eigenvalue weighted by atomic mass is 16.1. The maximum atomic E-state index is 12.0. The highest BCUT2D eigenvalue weighted by Gasteiger charge is 2.15. The molecular weight excluding hydrogens is 322 g/mol. The SMILES string of the molecule is Cc1ccc(NC(=O)CCNc2ccc(N3CCC(C)CC3)cc2)cc1. The average Bonchev–Trinajstić information content (AvgIpc) is 2.65. The minimum absolute atomic E-state index is 0.0282. The molecule has 1 heterocycles. The van der Waals surface area contributed by atoms with E-state index in [1.807, 2.05) is 31.2 Å². The van der Waals surface area contributed by atoms with Gasteiger partial charge in [-0.25, -0.2) is 0 Å². The Hall–Kier alpha value is -2.49. The first kappa shape index (κ1) is 18.3. The third-order valence-electron chi connectivity index (χ3n) is 5.03. The fourth-order valence-corrected chi connectivity index (χ4v) is 3.24. The molecule has 0 atom stereocenters. The first-order valence-electron chi connectivity index (χ1n) is 9.55. The molecule has 1 saturated heterocycles. The van der Waals surface area contributed by atoms with Gasteiger partial charge >= 0.3 is 0 Å². The monoisotopic (exact) mass is 351 g/mol. The van der Waals surface area contributed by atoms with Crippen LogP contribution in [0.3, 0.4) is 0 Å². The molecule has 2 N–H and O–H groups in total. The molecule has 0 radical (unpaired) electrons. The minimum Gasteiger partial charge on any atom is -0.385 e. The van der Waals surface area contributed by atoms with Gasteiger partial charge in [0.25, 0.3) is 0 Å². The second-order valence-corrected chi connectivity index (χ2v) is 7.31. The Kier molecular flexibility index (Phi) is 6.16.